The van der Waals surface area contributed by atoms with Gasteiger partial charge in [-0.05, 0) is 54.8 Å². The van der Waals surface area contributed by atoms with Crippen LogP contribution >= 0.6 is 11.6 Å². The Balaban J connectivity index is 1.81. The largest absolute Gasteiger partial charge is 0.343 e. The number of nitrogens with zero attached hydrogens (tertiary/aromatic N) is 1. The lowest BCUT2D eigenvalue weighted by Crippen LogP contribution is -2.34. The van der Waals surface area contributed by atoms with E-state index in [0.29, 0.717) is 10.6 Å². The summed E-state index contributed by atoms with van der Waals surface area (Å²) in [6, 6.07) is 12.4. The maximum absolute atomic E-state index is 12.0. The predicted molar refractivity (Wildman–Crippen MR) is 95.4 cm³/mol. The third-order valence-electron chi connectivity index (χ3n) is 3.45. The first kappa shape index (κ1) is 17.7. The molecule has 0 aliphatic carbocycles. The molecule has 0 saturated heterocycles. The quantitative estimate of drug-likeness (QED) is 0.647. The third-order valence-corrected chi connectivity index (χ3v) is 3.70. The molecule has 0 unspecified atom stereocenters. The van der Waals surface area contributed by atoms with Crippen molar-refractivity contribution in [2.45, 2.75) is 13.8 Å². The van der Waals surface area contributed by atoms with Crippen molar-refractivity contribution in [3.05, 3.63) is 69.7 Å². The number of nitrogens with one attached hydrogen (secondary N) is 2. The Labute approximate surface area is 145 Å². The zero-order valence-electron chi connectivity index (χ0n) is 13.5. The molecule has 124 valence electrons. The summed E-state index contributed by atoms with van der Waals surface area (Å²) < 4.78 is 0. The van der Waals surface area contributed by atoms with Crippen LogP contribution in [-0.2, 0) is 4.79 Å². The van der Waals surface area contributed by atoms with Crippen LogP contribution in [0.4, 0.5) is 0 Å². The first-order valence-electron chi connectivity index (χ1n) is 7.38. The van der Waals surface area contributed by atoms with Crippen molar-refractivity contribution in [3.8, 4) is 0 Å². The topological polar surface area (TPSA) is 70.6 Å². The number of aryl methyl sites for hydroxylation is 2. The van der Waals surface area contributed by atoms with Gasteiger partial charge in [0.1, 0.15) is 0 Å². The molecule has 0 radical (unpaired) electrons. The summed E-state index contributed by atoms with van der Waals surface area (Å²) in [4.78, 5) is 23.7. The molecule has 0 heterocycles. The van der Waals surface area contributed by atoms with Crippen LogP contribution in [0, 0.1) is 13.8 Å². The minimum atomic E-state index is -0.405. The highest BCUT2D eigenvalue weighted by molar-refractivity contribution is 6.30. The van der Waals surface area contributed by atoms with E-state index >= 15 is 0 Å². The second-order valence-electron chi connectivity index (χ2n) is 5.33. The second kappa shape index (κ2) is 8.26. The summed E-state index contributed by atoms with van der Waals surface area (Å²) in [7, 11) is 0. The summed E-state index contributed by atoms with van der Waals surface area (Å²) in [6.07, 6.45) is 1.50. The molecule has 0 spiro atoms. The van der Waals surface area contributed by atoms with Gasteiger partial charge >= 0.3 is 0 Å². The van der Waals surface area contributed by atoms with E-state index in [9.17, 15) is 9.59 Å². The van der Waals surface area contributed by atoms with E-state index in [1.54, 1.807) is 36.4 Å². The van der Waals surface area contributed by atoms with Crippen LogP contribution in [-0.4, -0.2) is 24.6 Å². The van der Waals surface area contributed by atoms with Gasteiger partial charge in [0, 0.05) is 10.6 Å². The fraction of sp³-hybridized carbons (Fsp3) is 0.167. The Bertz CT molecular complexity index is 770. The monoisotopic (exact) mass is 343 g/mol. The maximum Gasteiger partial charge on any atom is 0.259 e. The normalized spacial score (nSPS) is 10.6. The lowest BCUT2D eigenvalue weighted by molar-refractivity contribution is -0.120. The fourth-order valence-corrected chi connectivity index (χ4v) is 2.04. The molecule has 0 atom stereocenters. The molecule has 2 rings (SSSR count). The summed E-state index contributed by atoms with van der Waals surface area (Å²) in [6.45, 7) is 3.76. The predicted octanol–water partition coefficient (Wildman–Crippen LogP) is 2.84. The molecular formula is C18H18ClN3O2. The van der Waals surface area contributed by atoms with Crippen LogP contribution in [0.2, 0.25) is 5.02 Å². The smallest absolute Gasteiger partial charge is 0.259 e. The highest BCUT2D eigenvalue weighted by atomic mass is 35.5. The molecule has 2 amide bonds. The molecule has 0 fully saturated rings. The van der Waals surface area contributed by atoms with Crippen molar-refractivity contribution in [2.75, 3.05) is 6.54 Å². The number of hydrogen-bond acceptors (Lipinski definition) is 3. The summed E-state index contributed by atoms with van der Waals surface area (Å²) >= 11 is 5.78. The molecule has 0 saturated carbocycles. The minimum absolute atomic E-state index is 0.149. The van der Waals surface area contributed by atoms with Gasteiger partial charge in [0.2, 0.25) is 0 Å². The van der Waals surface area contributed by atoms with Crippen LogP contribution in [0.1, 0.15) is 27.0 Å². The molecule has 2 N–H and O–H groups in total. The first-order chi connectivity index (χ1) is 11.5. The number of hydrazone groups is 1. The summed E-state index contributed by atoms with van der Waals surface area (Å²) in [5.41, 5.74) is 5.82. The zero-order chi connectivity index (χ0) is 17.5. The second-order valence-corrected chi connectivity index (χ2v) is 5.76. The SMILES string of the molecule is Cc1ccc(C(=O)NCC(=O)N/N=C/c2ccc(Cl)cc2)cc1C. The van der Waals surface area contributed by atoms with Crippen LogP contribution in [0.5, 0.6) is 0 Å². The molecule has 24 heavy (non-hydrogen) atoms. The zero-order valence-corrected chi connectivity index (χ0v) is 14.2. The van der Waals surface area contributed by atoms with Gasteiger partial charge in [0.05, 0.1) is 12.8 Å². The van der Waals surface area contributed by atoms with E-state index in [-0.39, 0.29) is 12.5 Å². The van der Waals surface area contributed by atoms with Gasteiger partial charge in [-0.25, -0.2) is 5.43 Å². The van der Waals surface area contributed by atoms with Crippen LogP contribution in [0.3, 0.4) is 0 Å². The summed E-state index contributed by atoms with van der Waals surface area (Å²) in [5.74, 6) is -0.702. The minimum Gasteiger partial charge on any atom is -0.343 e. The lowest BCUT2D eigenvalue weighted by Gasteiger charge is -2.06. The van der Waals surface area contributed by atoms with E-state index in [0.717, 1.165) is 16.7 Å². The van der Waals surface area contributed by atoms with Crippen molar-refractivity contribution >= 4 is 29.6 Å². The van der Waals surface area contributed by atoms with E-state index in [4.69, 9.17) is 11.6 Å². The molecule has 0 bridgehead atoms. The van der Waals surface area contributed by atoms with E-state index in [1.807, 2.05) is 19.9 Å². The first-order valence-corrected chi connectivity index (χ1v) is 7.76. The Morgan fingerprint density at radius 2 is 1.79 bits per heavy atom. The Kier molecular flexibility index (Phi) is 6.09. The third kappa shape index (κ3) is 5.21. The molecule has 0 aliphatic heterocycles. The molecule has 0 aromatic heterocycles. The number of halogens is 1. The maximum atomic E-state index is 12.0. The van der Waals surface area contributed by atoms with Gasteiger partial charge < -0.3 is 5.32 Å². The average Bonchev–Trinajstić information content (AvgIpc) is 2.57. The van der Waals surface area contributed by atoms with Crippen LogP contribution in [0.15, 0.2) is 47.6 Å². The molecule has 2 aromatic carbocycles. The lowest BCUT2D eigenvalue weighted by atomic mass is 10.1. The van der Waals surface area contributed by atoms with E-state index in [1.165, 1.54) is 6.21 Å². The highest BCUT2D eigenvalue weighted by Gasteiger charge is 2.08. The Hall–Kier alpha value is -2.66. The molecule has 5 nitrogen and oxygen atoms in total. The number of rotatable bonds is 5. The average molecular weight is 344 g/mol. The molecule has 0 aliphatic rings. The van der Waals surface area contributed by atoms with Crippen molar-refractivity contribution in [3.63, 3.8) is 0 Å². The van der Waals surface area contributed by atoms with Gasteiger partial charge in [-0.1, -0.05) is 29.8 Å². The number of carbonyl (C=O) groups excluding carboxylic acids is 2. The number of carbonyl (C=O) groups is 2. The number of benzene rings is 2. The Morgan fingerprint density at radius 3 is 2.46 bits per heavy atom. The van der Waals surface area contributed by atoms with Gasteiger partial charge in [-0.2, -0.15) is 5.10 Å². The van der Waals surface area contributed by atoms with Gasteiger partial charge in [0.25, 0.3) is 11.8 Å². The van der Waals surface area contributed by atoms with Gasteiger partial charge in [-0.3, -0.25) is 9.59 Å². The van der Waals surface area contributed by atoms with Crippen molar-refractivity contribution in [1.82, 2.24) is 10.7 Å². The van der Waals surface area contributed by atoms with Crippen molar-refractivity contribution in [2.24, 2.45) is 5.10 Å². The standard InChI is InChI=1S/C18H18ClN3O2/c1-12-3-6-15(9-13(12)2)18(24)20-11-17(23)22-21-10-14-4-7-16(19)8-5-14/h3-10H,11H2,1-2H3,(H,20,24)(H,22,23)/b21-10+. The Morgan fingerprint density at radius 1 is 1.08 bits per heavy atom. The molecular weight excluding hydrogens is 326 g/mol. The van der Waals surface area contributed by atoms with Crippen molar-refractivity contribution < 1.29 is 9.59 Å². The number of hydrogen-bond donors (Lipinski definition) is 2. The highest BCUT2D eigenvalue weighted by Crippen LogP contribution is 2.09. The van der Waals surface area contributed by atoms with E-state index < -0.39 is 5.91 Å². The molecule has 6 heteroatoms. The van der Waals surface area contributed by atoms with Gasteiger partial charge in [0.15, 0.2) is 0 Å². The number of amides is 2. The van der Waals surface area contributed by atoms with E-state index in [2.05, 4.69) is 15.8 Å². The summed E-state index contributed by atoms with van der Waals surface area (Å²) in [5, 5.41) is 7.02. The molecule has 2 aromatic rings. The van der Waals surface area contributed by atoms with Crippen molar-refractivity contribution in [1.29, 1.82) is 0 Å². The van der Waals surface area contributed by atoms with Gasteiger partial charge in [-0.15, -0.1) is 0 Å². The van der Waals surface area contributed by atoms with Crippen LogP contribution in [0.25, 0.3) is 0 Å². The van der Waals surface area contributed by atoms with Crippen LogP contribution < -0.4 is 10.7 Å². The fourth-order valence-electron chi connectivity index (χ4n) is 1.91.